The lowest BCUT2D eigenvalue weighted by atomic mass is 10.6. The summed E-state index contributed by atoms with van der Waals surface area (Å²) in [6.07, 6.45) is -13.3. The third kappa shape index (κ3) is 4.66. The van der Waals surface area contributed by atoms with Gasteiger partial charge in [-0.05, 0) is 0 Å². The highest BCUT2D eigenvalue weighted by atomic mass is 31.2. The summed E-state index contributed by atoms with van der Waals surface area (Å²) in [6.45, 7) is 2.63. The van der Waals surface area contributed by atoms with Gasteiger partial charge in [0.05, 0.1) is 13.2 Å². The number of alkyl halides is 10. The van der Waals surface area contributed by atoms with Gasteiger partial charge in [-0.15, -0.1) is 6.58 Å². The Hall–Kier alpha value is -1.47. The molecule has 29 heavy (non-hydrogen) atoms. The Kier molecular flexibility index (Phi) is 7.35. The molecule has 0 radical (unpaired) electrons. The molecule has 0 fully saturated rings. The molecule has 5 nitrogen and oxygen atoms in total. The quantitative estimate of drug-likeness (QED) is 0.211. The van der Waals surface area contributed by atoms with E-state index >= 15 is 0 Å². The van der Waals surface area contributed by atoms with Gasteiger partial charge in [0.2, 0.25) is 6.35 Å². The van der Waals surface area contributed by atoms with Gasteiger partial charge in [-0.2, -0.15) is 43.9 Å². The fourth-order valence-electron chi connectivity index (χ4n) is 2.00. The molecular weight excluding hydrogens is 453 g/mol. The zero-order valence-electron chi connectivity index (χ0n) is 14.5. The zero-order chi connectivity index (χ0) is 22.9. The van der Waals surface area contributed by atoms with Gasteiger partial charge in [0.15, 0.2) is 0 Å². The second kappa shape index (κ2) is 8.34. The highest BCUT2D eigenvalue weighted by Crippen LogP contribution is 2.78. The minimum absolute atomic E-state index is 0.0182. The van der Waals surface area contributed by atoms with Crippen molar-refractivity contribution in [2.45, 2.75) is 30.0 Å². The van der Waals surface area contributed by atoms with E-state index in [9.17, 15) is 48.5 Å². The van der Waals surface area contributed by atoms with E-state index in [1.54, 1.807) is 0 Å². The highest BCUT2D eigenvalue weighted by molar-refractivity contribution is 7.61. The Morgan fingerprint density at radius 1 is 1.00 bits per heavy atom. The summed E-state index contributed by atoms with van der Waals surface area (Å²) >= 11 is 0. The van der Waals surface area contributed by atoms with Crippen molar-refractivity contribution in [3.63, 3.8) is 0 Å². The number of rotatable bonds is 9. The lowest BCUT2D eigenvalue weighted by Gasteiger charge is -2.39. The van der Waals surface area contributed by atoms with E-state index in [0.29, 0.717) is 9.80 Å². The third-order valence-electron chi connectivity index (χ3n) is 3.52. The summed E-state index contributed by atoms with van der Waals surface area (Å²) < 4.78 is 151. The maximum atomic E-state index is 13.7. The van der Waals surface area contributed by atoms with Crippen molar-refractivity contribution in [3.8, 4) is 0 Å². The van der Waals surface area contributed by atoms with Crippen molar-refractivity contribution in [2.24, 2.45) is 0 Å². The van der Waals surface area contributed by atoms with Gasteiger partial charge < -0.3 is 14.5 Å². The van der Waals surface area contributed by atoms with Gasteiger partial charge in [-0.1, -0.05) is 6.08 Å². The van der Waals surface area contributed by atoms with E-state index in [4.69, 9.17) is 4.74 Å². The van der Waals surface area contributed by atoms with Crippen LogP contribution in [0.5, 0.6) is 0 Å². The van der Waals surface area contributed by atoms with E-state index in [1.807, 2.05) is 0 Å². The minimum atomic E-state index is -8.13. The largest absolute Gasteiger partial charge is 0.463 e. The summed E-state index contributed by atoms with van der Waals surface area (Å²) in [7, 11) is -7.22. The molecule has 0 amide bonds. The standard InChI is InChI=1S/C13H15F10N2O3P/c1-3-7-27-8-6-25-5-4-24(2)9(25)28-29(26,12(20,21)10(14,15)16)13(22,23)11(17,18)19/h3-5,9H,1,6-8H2,2H3. The van der Waals surface area contributed by atoms with Gasteiger partial charge in [-0.3, -0.25) is 9.09 Å². The number of nitrogens with zero attached hydrogens (tertiary/aromatic N) is 2. The van der Waals surface area contributed by atoms with Gasteiger partial charge >= 0.3 is 31.0 Å². The number of halogens is 10. The van der Waals surface area contributed by atoms with Crippen LogP contribution >= 0.6 is 7.37 Å². The molecule has 170 valence electrons. The Bertz CT molecular complexity index is 634. The minimum Gasteiger partial charge on any atom is -0.376 e. The van der Waals surface area contributed by atoms with Crippen LogP contribution < -0.4 is 0 Å². The Morgan fingerprint density at radius 2 is 1.48 bits per heavy atom. The molecule has 0 aromatic heterocycles. The van der Waals surface area contributed by atoms with Crippen molar-refractivity contribution >= 4 is 7.37 Å². The molecule has 1 rings (SSSR count). The summed E-state index contributed by atoms with van der Waals surface area (Å²) in [6, 6.07) is 0. The first-order valence-corrected chi connectivity index (χ1v) is 9.09. The fourth-order valence-corrected chi connectivity index (χ4v) is 3.82. The molecule has 0 saturated heterocycles. The van der Waals surface area contributed by atoms with E-state index in [-0.39, 0.29) is 13.2 Å². The lowest BCUT2D eigenvalue weighted by molar-refractivity contribution is -0.275. The smallest absolute Gasteiger partial charge is 0.376 e. The summed E-state index contributed by atoms with van der Waals surface area (Å²) in [5.74, 6) is 0. The second-order valence-electron chi connectivity index (χ2n) is 5.63. The Labute approximate surface area is 158 Å². The molecule has 0 aliphatic carbocycles. The average Bonchev–Trinajstić information content (AvgIpc) is 2.89. The van der Waals surface area contributed by atoms with Crippen LogP contribution in [-0.4, -0.2) is 66.6 Å². The van der Waals surface area contributed by atoms with Crippen molar-refractivity contribution in [1.82, 2.24) is 9.80 Å². The molecule has 1 atom stereocenters. The maximum Gasteiger partial charge on any atom is 0.463 e. The molecular formula is C13H15F10N2O3P. The van der Waals surface area contributed by atoms with Crippen LogP contribution in [0.25, 0.3) is 0 Å². The van der Waals surface area contributed by atoms with Crippen molar-refractivity contribution < 1.29 is 57.7 Å². The topological polar surface area (TPSA) is 42.0 Å². The molecule has 0 N–H and O–H groups in total. The normalized spacial score (nSPS) is 19.2. The lowest BCUT2D eigenvalue weighted by Crippen LogP contribution is -2.51. The molecule has 0 spiro atoms. The zero-order valence-corrected chi connectivity index (χ0v) is 15.4. The molecule has 0 bridgehead atoms. The van der Waals surface area contributed by atoms with E-state index < -0.39 is 43.9 Å². The number of ether oxygens (including phenoxy) is 1. The summed E-state index contributed by atoms with van der Waals surface area (Å²) in [5.41, 5.74) is -14.0. The van der Waals surface area contributed by atoms with E-state index in [1.165, 1.54) is 6.08 Å². The van der Waals surface area contributed by atoms with E-state index in [0.717, 1.165) is 19.4 Å². The van der Waals surface area contributed by atoms with Crippen molar-refractivity contribution in [3.05, 3.63) is 25.1 Å². The van der Waals surface area contributed by atoms with Crippen LogP contribution in [0.4, 0.5) is 43.9 Å². The van der Waals surface area contributed by atoms with Gasteiger partial charge in [0, 0.05) is 26.0 Å². The highest BCUT2D eigenvalue weighted by Gasteiger charge is 2.85. The van der Waals surface area contributed by atoms with Crippen LogP contribution in [0.1, 0.15) is 0 Å². The predicted molar refractivity (Wildman–Crippen MR) is 79.1 cm³/mol. The molecule has 1 aliphatic heterocycles. The fraction of sp³-hybridized carbons (Fsp3) is 0.692. The Morgan fingerprint density at radius 3 is 1.90 bits per heavy atom. The van der Waals surface area contributed by atoms with E-state index in [2.05, 4.69) is 11.1 Å². The monoisotopic (exact) mass is 468 g/mol. The molecule has 1 aliphatic rings. The molecule has 16 heteroatoms. The van der Waals surface area contributed by atoms with Gasteiger partial charge in [0.1, 0.15) is 0 Å². The molecule has 0 saturated carbocycles. The van der Waals surface area contributed by atoms with Gasteiger partial charge in [0.25, 0.3) is 0 Å². The summed E-state index contributed by atoms with van der Waals surface area (Å²) in [5, 5.41) is 0. The summed E-state index contributed by atoms with van der Waals surface area (Å²) in [4.78, 5) is 1.24. The number of hydrogen-bond acceptors (Lipinski definition) is 5. The Balaban J connectivity index is 3.34. The predicted octanol–water partition coefficient (Wildman–Crippen LogP) is 4.80. The first-order valence-electron chi connectivity index (χ1n) is 7.46. The van der Waals surface area contributed by atoms with Crippen LogP contribution in [0.2, 0.25) is 0 Å². The van der Waals surface area contributed by atoms with Gasteiger partial charge in [-0.25, -0.2) is 0 Å². The maximum absolute atomic E-state index is 13.7. The average molecular weight is 468 g/mol. The van der Waals surface area contributed by atoms with Crippen LogP contribution in [0.3, 0.4) is 0 Å². The van der Waals surface area contributed by atoms with Crippen molar-refractivity contribution in [2.75, 3.05) is 26.8 Å². The van der Waals surface area contributed by atoms with Crippen LogP contribution in [0, 0.1) is 0 Å². The number of hydrogen-bond donors (Lipinski definition) is 0. The molecule has 1 unspecified atom stereocenters. The van der Waals surface area contributed by atoms with Crippen LogP contribution in [-0.2, 0) is 13.8 Å². The first kappa shape index (κ1) is 25.6. The van der Waals surface area contributed by atoms with Crippen LogP contribution in [0.15, 0.2) is 25.1 Å². The molecule has 1 heterocycles. The second-order valence-corrected chi connectivity index (χ2v) is 8.06. The molecule has 0 aromatic rings. The third-order valence-corrected chi connectivity index (χ3v) is 5.99. The van der Waals surface area contributed by atoms with Crippen molar-refractivity contribution in [1.29, 1.82) is 0 Å². The SMILES string of the molecule is C=CCOCCN1C=CN(C)C1OP(=O)(C(F)(F)C(F)(F)F)C(F)(F)C(F)(F)F. The molecule has 0 aromatic carbocycles. The first-order chi connectivity index (χ1) is 12.9.